The first-order valence-corrected chi connectivity index (χ1v) is 24.8. The largest absolute Gasteiger partial charge is 0.460 e. The molecule has 2 N–H and O–H groups in total. The van der Waals surface area contributed by atoms with E-state index in [2.05, 4.69) is 0 Å². The first-order chi connectivity index (χ1) is 32.1. The van der Waals surface area contributed by atoms with Crippen LogP contribution >= 0.6 is 0 Å². The fourth-order valence-corrected chi connectivity index (χ4v) is 10.4. The molecule has 382 valence electrons. The average Bonchev–Trinajstić information content (AvgIpc) is 3.30. The summed E-state index contributed by atoms with van der Waals surface area (Å²) >= 11 is 0. The van der Waals surface area contributed by atoms with E-state index < -0.39 is 89.8 Å². The van der Waals surface area contributed by atoms with E-state index >= 15 is 0 Å². The van der Waals surface area contributed by atoms with E-state index in [0.29, 0.717) is 69.8 Å². The highest BCUT2D eigenvalue weighted by molar-refractivity contribution is 6.39. The Kier molecular flexibility index (Phi) is 22.0. The van der Waals surface area contributed by atoms with Crippen LogP contribution in [-0.2, 0) is 57.2 Å². The van der Waals surface area contributed by atoms with Crippen LogP contribution in [0.1, 0.15) is 132 Å². The number of carbonyl (C=O) groups is 6. The summed E-state index contributed by atoms with van der Waals surface area (Å²) in [6, 6.07) is -1.16. The van der Waals surface area contributed by atoms with Crippen LogP contribution in [0.25, 0.3) is 0 Å². The topological polar surface area (TPSA) is 201 Å². The Hall–Kier alpha value is -3.86. The van der Waals surface area contributed by atoms with Gasteiger partial charge in [-0.25, -0.2) is 4.79 Å². The first-order valence-electron chi connectivity index (χ1n) is 24.8. The smallest absolute Gasteiger partial charge is 0.329 e. The molecule has 1 amide bonds. The molecule has 3 fully saturated rings. The number of ketones is 3. The van der Waals surface area contributed by atoms with Crippen LogP contribution < -0.4 is 0 Å². The summed E-state index contributed by atoms with van der Waals surface area (Å²) in [6.45, 7) is 14.0. The number of aliphatic hydroxyl groups excluding tert-OH is 1. The van der Waals surface area contributed by atoms with E-state index in [1.54, 1.807) is 41.1 Å². The Balaban J connectivity index is 1.75. The van der Waals surface area contributed by atoms with Crippen LogP contribution in [0.2, 0.25) is 0 Å². The van der Waals surface area contributed by atoms with Crippen molar-refractivity contribution in [1.29, 1.82) is 0 Å². The third kappa shape index (κ3) is 15.1. The van der Waals surface area contributed by atoms with Crippen LogP contribution in [0.15, 0.2) is 47.6 Å². The van der Waals surface area contributed by atoms with E-state index in [1.165, 1.54) is 18.9 Å². The molecule has 0 aromatic carbocycles. The number of rotatable bonds is 7. The van der Waals surface area contributed by atoms with Crippen LogP contribution in [0.4, 0.5) is 0 Å². The predicted octanol–water partition coefficient (Wildman–Crippen LogP) is 6.75. The van der Waals surface area contributed by atoms with Crippen molar-refractivity contribution >= 4 is 35.2 Å². The molecule has 3 heterocycles. The van der Waals surface area contributed by atoms with Crippen LogP contribution in [0.3, 0.4) is 0 Å². The van der Waals surface area contributed by atoms with Gasteiger partial charge in [-0.15, -0.1) is 0 Å². The minimum atomic E-state index is -2.44. The van der Waals surface area contributed by atoms with E-state index in [4.69, 9.17) is 28.4 Å². The number of cyclic esters (lactones) is 1. The molecule has 2 bridgehead atoms. The van der Waals surface area contributed by atoms with E-state index in [-0.39, 0.29) is 54.8 Å². The van der Waals surface area contributed by atoms with Gasteiger partial charge in [0.05, 0.1) is 24.4 Å². The highest BCUT2D eigenvalue weighted by Crippen LogP contribution is 2.38. The quantitative estimate of drug-likeness (QED) is 0.154. The number of fused-ring (bicyclic) bond motifs is 3. The van der Waals surface area contributed by atoms with Crippen molar-refractivity contribution < 1.29 is 67.4 Å². The minimum absolute atomic E-state index is 0.0131. The molecule has 4 aliphatic rings. The van der Waals surface area contributed by atoms with E-state index in [0.717, 1.165) is 5.57 Å². The minimum Gasteiger partial charge on any atom is -0.460 e. The maximum absolute atomic E-state index is 14.4. The summed E-state index contributed by atoms with van der Waals surface area (Å²) in [6.07, 6.45) is 11.1. The Morgan fingerprint density at radius 2 is 1.59 bits per heavy atom. The number of methoxy groups -OCH3 is 3. The Morgan fingerprint density at radius 1 is 0.868 bits per heavy atom. The number of esters is 2. The zero-order valence-electron chi connectivity index (χ0n) is 42.5. The fraction of sp³-hybridized carbons (Fsp3) is 0.736. The summed E-state index contributed by atoms with van der Waals surface area (Å²) in [7, 11) is 4.52. The molecule has 2 saturated heterocycles. The molecular formula is C53H81NO14. The predicted molar refractivity (Wildman–Crippen MR) is 255 cm³/mol. The monoisotopic (exact) mass is 956 g/mol. The van der Waals surface area contributed by atoms with Gasteiger partial charge in [-0.3, -0.25) is 24.0 Å². The molecule has 0 aromatic rings. The number of aliphatic hydroxyl groups is 2. The number of allylic oxidation sites excluding steroid dienone is 6. The summed E-state index contributed by atoms with van der Waals surface area (Å²) < 4.78 is 35.3. The van der Waals surface area contributed by atoms with Crippen LogP contribution in [-0.4, -0.2) is 133 Å². The molecule has 1 unspecified atom stereocenters. The molecule has 68 heavy (non-hydrogen) atoms. The maximum atomic E-state index is 14.4. The summed E-state index contributed by atoms with van der Waals surface area (Å²) in [4.78, 5) is 85.0. The first kappa shape index (κ1) is 56.7. The third-order valence-electron chi connectivity index (χ3n) is 14.7. The molecule has 4 rings (SSSR count). The standard InChI is InChI=1S/C53H81NO14/c1-31-17-13-12-14-18-32(2)44(63-9)29-40-22-20-37(7)53(62,68-40)50(59)51(60)54-24-16-15-19-41(54)52(61)67-45(34(4)27-39-21-23-42(56)46(28-39)64-10)30-43(57)33(3)26-36(6)48(66-38(8)55)49(65-11)47(58)35(5)25-31/h12-14,17-18,26,31,33-35,37,39-42,44-46,48-49,56,62H,15-16,19-25,27-30H2,1-11H3/b14-12+,17-13+,32-18+,36-26+/t31-,33-,34-,35-,37-,39+,40+,41?,42-,44+,45+,46-,48-,49+,53-/m1/s1. The highest BCUT2D eigenvalue weighted by Gasteiger charge is 2.53. The number of hydrogen-bond donors (Lipinski definition) is 2. The van der Waals surface area contributed by atoms with Crippen molar-refractivity contribution in [1.82, 2.24) is 4.90 Å². The van der Waals surface area contributed by atoms with Crippen molar-refractivity contribution in [2.24, 2.45) is 35.5 Å². The Labute approximate surface area is 404 Å². The second-order valence-corrected chi connectivity index (χ2v) is 20.2. The van der Waals surface area contributed by atoms with Gasteiger partial charge in [0.2, 0.25) is 5.79 Å². The van der Waals surface area contributed by atoms with Gasteiger partial charge in [-0.05, 0) is 107 Å². The molecule has 3 aliphatic heterocycles. The zero-order valence-corrected chi connectivity index (χ0v) is 42.5. The summed E-state index contributed by atoms with van der Waals surface area (Å²) in [5, 5.41) is 22.5. The fourth-order valence-electron chi connectivity index (χ4n) is 10.4. The molecular weight excluding hydrogens is 875 g/mol. The molecule has 0 radical (unpaired) electrons. The van der Waals surface area contributed by atoms with Gasteiger partial charge in [0, 0.05) is 65.4 Å². The Morgan fingerprint density at radius 3 is 2.25 bits per heavy atom. The molecule has 0 spiro atoms. The number of piperidine rings is 1. The van der Waals surface area contributed by atoms with Gasteiger partial charge >= 0.3 is 11.9 Å². The number of ether oxygens (including phenoxy) is 6. The van der Waals surface area contributed by atoms with Gasteiger partial charge < -0.3 is 43.5 Å². The normalized spacial score (nSPS) is 39.0. The van der Waals surface area contributed by atoms with Crippen molar-refractivity contribution in [2.45, 2.75) is 187 Å². The lowest BCUT2D eigenvalue weighted by molar-refractivity contribution is -0.265. The van der Waals surface area contributed by atoms with Gasteiger partial charge in [0.15, 0.2) is 18.0 Å². The number of carbonyl (C=O) groups excluding carboxylic acids is 6. The van der Waals surface area contributed by atoms with Gasteiger partial charge in [0.25, 0.3) is 11.7 Å². The second-order valence-electron chi connectivity index (χ2n) is 20.2. The highest BCUT2D eigenvalue weighted by atomic mass is 16.6. The average molecular weight is 956 g/mol. The van der Waals surface area contributed by atoms with E-state index in [9.17, 15) is 39.0 Å². The van der Waals surface area contributed by atoms with Crippen molar-refractivity contribution in [3.63, 3.8) is 0 Å². The molecule has 1 aliphatic carbocycles. The zero-order chi connectivity index (χ0) is 50.5. The molecule has 0 aromatic heterocycles. The second kappa shape index (κ2) is 26.4. The number of amides is 1. The van der Waals surface area contributed by atoms with Gasteiger partial charge in [0.1, 0.15) is 17.9 Å². The lowest BCUT2D eigenvalue weighted by Gasteiger charge is -2.42. The van der Waals surface area contributed by atoms with Crippen molar-refractivity contribution in [3.8, 4) is 0 Å². The SMILES string of the molecule is CO[C@H]1C[C@@H]2CC[C@@H](C)[C@@](O)(O2)C(=O)C(=O)N2CCCCC2C(=O)O[C@H]([C@H](C)C[C@@H]2CC[C@@H](O)[C@H](OC)C2)CC(=O)[C@H](C)/C=C(\C)[C@@H](OC(C)=O)[C@@H](OC)C(=O)[C@H](C)C[C@H](C)/C=C/C=C/C=C/1C. The van der Waals surface area contributed by atoms with Crippen LogP contribution in [0, 0.1) is 35.5 Å². The van der Waals surface area contributed by atoms with Crippen LogP contribution in [0.5, 0.6) is 0 Å². The molecule has 15 atom stereocenters. The molecule has 15 nitrogen and oxygen atoms in total. The lowest BCUT2D eigenvalue weighted by atomic mass is 9.78. The Bertz CT molecular complexity index is 1870. The van der Waals surface area contributed by atoms with Crippen molar-refractivity contribution in [2.75, 3.05) is 27.9 Å². The lowest BCUT2D eigenvalue weighted by Crippen LogP contribution is -2.61. The maximum Gasteiger partial charge on any atom is 0.329 e. The number of nitrogens with zero attached hydrogens (tertiary/aromatic N) is 1. The van der Waals surface area contributed by atoms with E-state index in [1.807, 2.05) is 58.1 Å². The molecule has 15 heteroatoms. The summed E-state index contributed by atoms with van der Waals surface area (Å²) in [5.41, 5.74) is 1.31. The van der Waals surface area contributed by atoms with Gasteiger partial charge in [-0.2, -0.15) is 0 Å². The summed E-state index contributed by atoms with van der Waals surface area (Å²) in [5.74, 6) is -8.82. The number of Topliss-reactive ketones (excluding diaryl/α,β-unsaturated/α-hetero) is 3. The van der Waals surface area contributed by atoms with Crippen molar-refractivity contribution in [3.05, 3.63) is 47.6 Å². The van der Waals surface area contributed by atoms with Gasteiger partial charge in [-0.1, -0.05) is 71.1 Å². The third-order valence-corrected chi connectivity index (χ3v) is 14.7. The number of hydrogen-bond acceptors (Lipinski definition) is 14. The molecule has 1 saturated carbocycles.